The maximum absolute atomic E-state index is 13.5. The van der Waals surface area contributed by atoms with Crippen molar-refractivity contribution in [1.29, 1.82) is 0 Å². The molecule has 0 aliphatic rings. The van der Waals surface area contributed by atoms with Crippen molar-refractivity contribution in [1.82, 2.24) is 25.0 Å². The Kier molecular flexibility index (Phi) is 8.56. The minimum absolute atomic E-state index is 0. The molecular formula is C21H26FIN6. The number of guanidine groups is 1. The second-order valence-corrected chi connectivity index (χ2v) is 6.69. The Bertz CT molecular complexity index is 941. The minimum atomic E-state index is -0.240. The monoisotopic (exact) mass is 508 g/mol. The second kappa shape index (κ2) is 10.9. The summed E-state index contributed by atoms with van der Waals surface area (Å²) < 4.78 is 15.5. The third-order valence-electron chi connectivity index (χ3n) is 4.51. The molecule has 6 nitrogen and oxygen atoms in total. The Labute approximate surface area is 187 Å². The zero-order chi connectivity index (χ0) is 19.9. The largest absolute Gasteiger partial charge is 0.349 e. The van der Waals surface area contributed by atoms with Crippen molar-refractivity contribution in [2.75, 3.05) is 7.05 Å². The van der Waals surface area contributed by atoms with Crippen LogP contribution in [0.15, 0.2) is 59.6 Å². The van der Waals surface area contributed by atoms with Gasteiger partial charge in [0.15, 0.2) is 11.8 Å². The molecule has 29 heavy (non-hydrogen) atoms. The first-order valence-electron chi connectivity index (χ1n) is 9.15. The highest BCUT2D eigenvalue weighted by Gasteiger charge is 2.11. The Morgan fingerprint density at radius 3 is 2.48 bits per heavy atom. The molecule has 0 aliphatic carbocycles. The predicted molar refractivity (Wildman–Crippen MR) is 123 cm³/mol. The fraction of sp³-hybridized carbons (Fsp3) is 0.286. The Hall–Kier alpha value is -2.49. The molecule has 0 amide bonds. The SMILES string of the molecule is Cc1nnc(CNC(=NCc2ccccc2)N(C)Cc2cccc(F)c2)n1C.I. The van der Waals surface area contributed by atoms with E-state index in [-0.39, 0.29) is 29.8 Å². The van der Waals surface area contributed by atoms with Gasteiger partial charge in [-0.25, -0.2) is 9.38 Å². The summed E-state index contributed by atoms with van der Waals surface area (Å²) in [5.41, 5.74) is 2.00. The van der Waals surface area contributed by atoms with Crippen LogP contribution in [0.3, 0.4) is 0 Å². The van der Waals surface area contributed by atoms with Crippen LogP contribution in [0.1, 0.15) is 22.8 Å². The summed E-state index contributed by atoms with van der Waals surface area (Å²) >= 11 is 0. The Morgan fingerprint density at radius 1 is 1.10 bits per heavy atom. The van der Waals surface area contributed by atoms with Gasteiger partial charge < -0.3 is 14.8 Å². The Balaban J connectivity index is 0.00000300. The lowest BCUT2D eigenvalue weighted by atomic mass is 10.2. The summed E-state index contributed by atoms with van der Waals surface area (Å²) in [5.74, 6) is 2.15. The van der Waals surface area contributed by atoms with E-state index >= 15 is 0 Å². The maximum Gasteiger partial charge on any atom is 0.194 e. The van der Waals surface area contributed by atoms with Crippen LogP contribution in [0.5, 0.6) is 0 Å². The number of rotatable bonds is 6. The first-order valence-corrected chi connectivity index (χ1v) is 9.15. The standard InChI is InChI=1S/C21H25FN6.HI/c1-16-25-26-20(28(16)3)14-24-21(23-13-17-8-5-4-6-9-17)27(2)15-18-10-7-11-19(22)12-18;/h4-12H,13-15H2,1-3H3,(H,23,24);1H. The summed E-state index contributed by atoms with van der Waals surface area (Å²) in [4.78, 5) is 6.72. The number of benzene rings is 2. The lowest BCUT2D eigenvalue weighted by molar-refractivity contribution is 0.470. The number of halogens is 2. The van der Waals surface area contributed by atoms with Gasteiger partial charge in [-0.05, 0) is 30.2 Å². The number of hydrogen-bond donors (Lipinski definition) is 1. The molecule has 0 radical (unpaired) electrons. The number of hydrogen-bond acceptors (Lipinski definition) is 3. The van der Waals surface area contributed by atoms with E-state index in [0.717, 1.165) is 22.8 Å². The van der Waals surface area contributed by atoms with Gasteiger partial charge in [0.25, 0.3) is 0 Å². The summed E-state index contributed by atoms with van der Waals surface area (Å²) in [6.07, 6.45) is 0. The van der Waals surface area contributed by atoms with Gasteiger partial charge in [-0.2, -0.15) is 0 Å². The van der Waals surface area contributed by atoms with E-state index in [4.69, 9.17) is 4.99 Å². The molecule has 8 heteroatoms. The molecule has 0 unspecified atom stereocenters. The van der Waals surface area contributed by atoms with E-state index < -0.39 is 0 Å². The fourth-order valence-electron chi connectivity index (χ4n) is 2.81. The zero-order valence-electron chi connectivity index (χ0n) is 16.8. The summed E-state index contributed by atoms with van der Waals surface area (Å²) in [5, 5.41) is 11.6. The van der Waals surface area contributed by atoms with Crippen LogP contribution >= 0.6 is 24.0 Å². The summed E-state index contributed by atoms with van der Waals surface area (Å²) in [6, 6.07) is 16.7. The first kappa shape index (κ1) is 22.8. The quantitative estimate of drug-likeness (QED) is 0.314. The van der Waals surface area contributed by atoms with E-state index in [1.807, 2.05) is 66.9 Å². The third-order valence-corrected chi connectivity index (χ3v) is 4.51. The van der Waals surface area contributed by atoms with Gasteiger partial charge in [0.1, 0.15) is 11.6 Å². The van der Waals surface area contributed by atoms with Gasteiger partial charge in [0.2, 0.25) is 0 Å². The van der Waals surface area contributed by atoms with Crippen molar-refractivity contribution in [3.63, 3.8) is 0 Å². The van der Waals surface area contributed by atoms with E-state index in [9.17, 15) is 4.39 Å². The number of aromatic nitrogens is 3. The number of aryl methyl sites for hydroxylation is 1. The molecule has 0 aliphatic heterocycles. The molecule has 0 spiro atoms. The second-order valence-electron chi connectivity index (χ2n) is 6.69. The van der Waals surface area contributed by atoms with Crippen LogP contribution < -0.4 is 5.32 Å². The Morgan fingerprint density at radius 2 is 1.83 bits per heavy atom. The zero-order valence-corrected chi connectivity index (χ0v) is 19.2. The van der Waals surface area contributed by atoms with Crippen molar-refractivity contribution >= 4 is 29.9 Å². The van der Waals surface area contributed by atoms with Crippen LogP contribution in [-0.4, -0.2) is 32.7 Å². The number of nitrogens with one attached hydrogen (secondary N) is 1. The highest BCUT2D eigenvalue weighted by molar-refractivity contribution is 14.0. The predicted octanol–water partition coefficient (Wildman–Crippen LogP) is 3.66. The topological polar surface area (TPSA) is 58.3 Å². The molecule has 0 atom stereocenters. The molecule has 0 saturated carbocycles. The average molecular weight is 508 g/mol. The van der Waals surface area contributed by atoms with Crippen molar-refractivity contribution in [3.05, 3.63) is 83.2 Å². The molecule has 0 fully saturated rings. The van der Waals surface area contributed by atoms with E-state index in [1.54, 1.807) is 6.07 Å². The van der Waals surface area contributed by atoms with E-state index in [1.165, 1.54) is 12.1 Å². The van der Waals surface area contributed by atoms with E-state index in [2.05, 4.69) is 15.5 Å². The lowest BCUT2D eigenvalue weighted by Gasteiger charge is -2.22. The molecule has 3 rings (SSSR count). The van der Waals surface area contributed by atoms with Gasteiger partial charge in [0.05, 0.1) is 13.1 Å². The molecule has 0 bridgehead atoms. The van der Waals surface area contributed by atoms with Crippen LogP contribution in [0.2, 0.25) is 0 Å². The van der Waals surface area contributed by atoms with Crippen molar-refractivity contribution in [2.24, 2.45) is 12.0 Å². The van der Waals surface area contributed by atoms with Gasteiger partial charge in [-0.15, -0.1) is 34.2 Å². The van der Waals surface area contributed by atoms with Gasteiger partial charge in [-0.1, -0.05) is 42.5 Å². The van der Waals surface area contributed by atoms with Crippen LogP contribution in [-0.2, 0) is 26.7 Å². The molecule has 3 aromatic rings. The van der Waals surface area contributed by atoms with Gasteiger partial charge in [-0.3, -0.25) is 0 Å². The van der Waals surface area contributed by atoms with Crippen molar-refractivity contribution in [2.45, 2.75) is 26.6 Å². The number of nitrogens with zero attached hydrogens (tertiary/aromatic N) is 5. The van der Waals surface area contributed by atoms with Crippen LogP contribution in [0.25, 0.3) is 0 Å². The highest BCUT2D eigenvalue weighted by atomic mass is 127. The highest BCUT2D eigenvalue weighted by Crippen LogP contribution is 2.08. The van der Waals surface area contributed by atoms with Crippen LogP contribution in [0.4, 0.5) is 4.39 Å². The molecular weight excluding hydrogens is 482 g/mol. The molecule has 0 saturated heterocycles. The van der Waals surface area contributed by atoms with Crippen LogP contribution in [0, 0.1) is 12.7 Å². The molecule has 1 N–H and O–H groups in total. The van der Waals surface area contributed by atoms with Crippen molar-refractivity contribution < 1.29 is 4.39 Å². The molecule has 1 heterocycles. The summed E-state index contributed by atoms with van der Waals surface area (Å²) in [7, 11) is 3.87. The summed E-state index contributed by atoms with van der Waals surface area (Å²) in [6.45, 7) is 3.50. The molecule has 1 aromatic heterocycles. The van der Waals surface area contributed by atoms with Crippen molar-refractivity contribution in [3.8, 4) is 0 Å². The smallest absolute Gasteiger partial charge is 0.194 e. The van der Waals surface area contributed by atoms with Gasteiger partial charge >= 0.3 is 0 Å². The number of aliphatic imine (C=N–C) groups is 1. The van der Waals surface area contributed by atoms with Gasteiger partial charge in [0, 0.05) is 20.6 Å². The molecule has 154 valence electrons. The third kappa shape index (κ3) is 6.52. The molecule has 2 aromatic carbocycles. The average Bonchev–Trinajstić information content (AvgIpc) is 3.01. The van der Waals surface area contributed by atoms with E-state index in [0.29, 0.717) is 25.6 Å². The normalized spacial score (nSPS) is 11.1. The minimum Gasteiger partial charge on any atom is -0.349 e. The lowest BCUT2D eigenvalue weighted by Crippen LogP contribution is -2.38. The first-order chi connectivity index (χ1) is 13.5. The maximum atomic E-state index is 13.5. The fourth-order valence-corrected chi connectivity index (χ4v) is 2.81.